The van der Waals surface area contributed by atoms with Crippen LogP contribution in [-0.2, 0) is 10.0 Å². The number of rotatable bonds is 8. The first kappa shape index (κ1) is 22.2. The number of likely N-dealkylation sites (tertiary alicyclic amines) is 1. The highest BCUT2D eigenvalue weighted by Gasteiger charge is 2.29. The summed E-state index contributed by atoms with van der Waals surface area (Å²) in [6, 6.07) is 10.0. The Labute approximate surface area is 186 Å². The van der Waals surface area contributed by atoms with Crippen LogP contribution in [0.4, 0.5) is 4.39 Å². The Morgan fingerprint density at radius 3 is 2.42 bits per heavy atom. The molecule has 166 valence electrons. The number of carbonyl (C=O) groups is 1. The Bertz CT molecular complexity index is 1030. The lowest BCUT2D eigenvalue weighted by atomic mass is 10.0. The maximum Gasteiger partial charge on any atom is 0.251 e. The quantitative estimate of drug-likeness (QED) is 0.625. The molecular formula is C22H25ClFN3O3S. The predicted octanol–water partition coefficient (Wildman–Crippen LogP) is 3.49. The van der Waals surface area contributed by atoms with E-state index >= 15 is 0 Å². The second kappa shape index (κ2) is 9.24. The fourth-order valence-corrected chi connectivity index (χ4v) is 5.46. The molecule has 0 spiro atoms. The number of hydrogen-bond acceptors (Lipinski definition) is 4. The predicted molar refractivity (Wildman–Crippen MR) is 117 cm³/mol. The second-order valence-electron chi connectivity index (χ2n) is 8.02. The van der Waals surface area contributed by atoms with Gasteiger partial charge in [0, 0.05) is 28.7 Å². The summed E-state index contributed by atoms with van der Waals surface area (Å²) in [4.78, 5) is 14.9. The Morgan fingerprint density at radius 2 is 1.81 bits per heavy atom. The molecule has 2 aromatic carbocycles. The molecule has 9 heteroatoms. The van der Waals surface area contributed by atoms with Crippen molar-refractivity contribution < 1.29 is 17.6 Å². The van der Waals surface area contributed by atoms with Gasteiger partial charge in [0.2, 0.25) is 10.0 Å². The largest absolute Gasteiger partial charge is 0.350 e. The molecule has 1 aliphatic heterocycles. The number of hydrogen-bond donors (Lipinski definition) is 2. The van der Waals surface area contributed by atoms with Crippen LogP contribution in [0.3, 0.4) is 0 Å². The highest BCUT2D eigenvalue weighted by Crippen LogP contribution is 2.32. The van der Waals surface area contributed by atoms with Crippen molar-refractivity contribution in [1.82, 2.24) is 14.9 Å². The van der Waals surface area contributed by atoms with Gasteiger partial charge >= 0.3 is 0 Å². The number of amides is 1. The van der Waals surface area contributed by atoms with Gasteiger partial charge in [-0.15, -0.1) is 0 Å². The van der Waals surface area contributed by atoms with Crippen molar-refractivity contribution in [1.29, 1.82) is 0 Å². The van der Waals surface area contributed by atoms with Crippen molar-refractivity contribution in [3.8, 4) is 0 Å². The molecule has 1 unspecified atom stereocenters. The lowest BCUT2D eigenvalue weighted by Gasteiger charge is -2.29. The molecule has 2 aromatic rings. The average molecular weight is 466 g/mol. The van der Waals surface area contributed by atoms with E-state index in [-0.39, 0.29) is 29.4 Å². The normalized spacial score (nSPS) is 18.1. The highest BCUT2D eigenvalue weighted by molar-refractivity contribution is 7.89. The zero-order valence-electron chi connectivity index (χ0n) is 17.0. The van der Waals surface area contributed by atoms with Crippen LogP contribution in [0.1, 0.15) is 47.6 Å². The highest BCUT2D eigenvalue weighted by atomic mass is 35.5. The first-order chi connectivity index (χ1) is 14.8. The summed E-state index contributed by atoms with van der Waals surface area (Å²) in [7, 11) is -3.57. The summed E-state index contributed by atoms with van der Waals surface area (Å²) in [6.45, 7) is 1.82. The SMILES string of the molecule is O=C(NCC(c1c(F)cccc1Cl)N1CCCC1)c1ccc(S(=O)(=O)NC2CC2)cc1. The van der Waals surface area contributed by atoms with Crippen molar-refractivity contribution in [2.24, 2.45) is 0 Å². The van der Waals surface area contributed by atoms with E-state index < -0.39 is 15.8 Å². The number of nitrogens with zero attached hydrogens (tertiary/aromatic N) is 1. The van der Waals surface area contributed by atoms with E-state index in [1.54, 1.807) is 12.1 Å². The van der Waals surface area contributed by atoms with Crippen molar-refractivity contribution in [3.05, 3.63) is 64.4 Å². The molecule has 0 aromatic heterocycles. The van der Waals surface area contributed by atoms with Crippen molar-refractivity contribution in [2.45, 2.75) is 42.7 Å². The molecule has 6 nitrogen and oxygen atoms in total. The number of benzene rings is 2. The third-order valence-corrected chi connectivity index (χ3v) is 7.56. The van der Waals surface area contributed by atoms with Crippen LogP contribution in [-0.4, -0.2) is 44.9 Å². The average Bonchev–Trinajstić information content (AvgIpc) is 3.37. The summed E-state index contributed by atoms with van der Waals surface area (Å²) in [5.74, 6) is -0.743. The monoisotopic (exact) mass is 465 g/mol. The number of halogens is 2. The minimum Gasteiger partial charge on any atom is -0.350 e. The topological polar surface area (TPSA) is 78.5 Å². The van der Waals surface area contributed by atoms with Gasteiger partial charge in [0.1, 0.15) is 5.82 Å². The Morgan fingerprint density at radius 1 is 1.13 bits per heavy atom. The summed E-state index contributed by atoms with van der Waals surface area (Å²) in [5, 5.41) is 3.20. The third-order valence-electron chi connectivity index (χ3n) is 5.70. The molecule has 1 amide bonds. The van der Waals surface area contributed by atoms with Crippen LogP contribution in [0.2, 0.25) is 5.02 Å². The van der Waals surface area contributed by atoms with Gasteiger partial charge in [0.05, 0.1) is 10.9 Å². The van der Waals surface area contributed by atoms with Crippen LogP contribution in [0.25, 0.3) is 0 Å². The summed E-state index contributed by atoms with van der Waals surface area (Å²) in [5.41, 5.74) is 0.726. The molecule has 2 N–H and O–H groups in total. The lowest BCUT2D eigenvalue weighted by molar-refractivity contribution is 0.0937. The zero-order valence-corrected chi connectivity index (χ0v) is 18.6. The third kappa shape index (κ3) is 5.26. The van der Waals surface area contributed by atoms with Crippen LogP contribution in [0.15, 0.2) is 47.4 Å². The van der Waals surface area contributed by atoms with Crippen molar-refractivity contribution in [3.63, 3.8) is 0 Å². The van der Waals surface area contributed by atoms with Crippen molar-refractivity contribution >= 4 is 27.5 Å². The minimum absolute atomic E-state index is 0.0145. The first-order valence-electron chi connectivity index (χ1n) is 10.4. The van der Waals surface area contributed by atoms with Gasteiger partial charge in [0.15, 0.2) is 0 Å². The molecular weight excluding hydrogens is 441 g/mol. The second-order valence-corrected chi connectivity index (χ2v) is 10.1. The molecule has 0 bridgehead atoms. The van der Waals surface area contributed by atoms with E-state index in [1.807, 2.05) is 0 Å². The zero-order chi connectivity index (χ0) is 22.0. The number of sulfonamides is 1. The fraction of sp³-hybridized carbons (Fsp3) is 0.409. The fourth-order valence-electron chi connectivity index (χ4n) is 3.86. The number of nitrogens with one attached hydrogen (secondary N) is 2. The smallest absolute Gasteiger partial charge is 0.251 e. The molecule has 31 heavy (non-hydrogen) atoms. The van der Waals surface area contributed by atoms with Gasteiger partial charge in [-0.05, 0) is 75.2 Å². The molecule has 1 saturated carbocycles. The van der Waals surface area contributed by atoms with E-state index in [1.165, 1.54) is 30.3 Å². The van der Waals surface area contributed by atoms with E-state index in [0.717, 1.165) is 38.8 Å². The van der Waals surface area contributed by atoms with Crippen LogP contribution in [0.5, 0.6) is 0 Å². The Kier molecular flexibility index (Phi) is 6.62. The molecule has 1 heterocycles. The molecule has 0 radical (unpaired) electrons. The first-order valence-corrected chi connectivity index (χ1v) is 12.3. The molecule has 2 fully saturated rings. The van der Waals surface area contributed by atoms with Crippen LogP contribution < -0.4 is 10.0 Å². The van der Waals surface area contributed by atoms with Crippen molar-refractivity contribution in [2.75, 3.05) is 19.6 Å². The van der Waals surface area contributed by atoms with Gasteiger partial charge in [-0.2, -0.15) is 0 Å². The lowest BCUT2D eigenvalue weighted by Crippen LogP contribution is -2.37. The number of carbonyl (C=O) groups excluding carboxylic acids is 1. The van der Waals surface area contributed by atoms with Gasteiger partial charge in [-0.25, -0.2) is 17.5 Å². The van der Waals surface area contributed by atoms with Crippen LogP contribution >= 0.6 is 11.6 Å². The summed E-state index contributed by atoms with van der Waals surface area (Å²) >= 11 is 6.29. The molecule has 4 rings (SSSR count). The summed E-state index contributed by atoms with van der Waals surface area (Å²) < 4.78 is 41.7. The van der Waals surface area contributed by atoms with Crippen LogP contribution in [0, 0.1) is 5.82 Å². The molecule has 2 aliphatic rings. The van der Waals surface area contributed by atoms with E-state index in [9.17, 15) is 17.6 Å². The van der Waals surface area contributed by atoms with Gasteiger partial charge in [0.25, 0.3) is 5.91 Å². The van der Waals surface area contributed by atoms with Gasteiger partial charge < -0.3 is 5.32 Å². The van der Waals surface area contributed by atoms with E-state index in [2.05, 4.69) is 14.9 Å². The minimum atomic E-state index is -3.57. The van der Waals surface area contributed by atoms with E-state index in [4.69, 9.17) is 11.6 Å². The maximum atomic E-state index is 14.6. The van der Waals surface area contributed by atoms with Gasteiger partial charge in [-0.1, -0.05) is 17.7 Å². The standard InChI is InChI=1S/C22H25ClFN3O3S/c23-18-4-3-5-19(24)21(18)20(27-12-1-2-13-27)14-25-22(28)15-6-10-17(11-7-15)31(29,30)26-16-8-9-16/h3-7,10-11,16,20,26H,1-2,8-9,12-14H2,(H,25,28). The maximum absolute atomic E-state index is 14.6. The molecule has 1 aliphatic carbocycles. The van der Waals surface area contributed by atoms with E-state index in [0.29, 0.717) is 16.1 Å². The molecule has 1 atom stereocenters. The molecule has 1 saturated heterocycles. The summed E-state index contributed by atoms with van der Waals surface area (Å²) in [6.07, 6.45) is 3.73. The van der Waals surface area contributed by atoms with Gasteiger partial charge in [-0.3, -0.25) is 9.69 Å². The Balaban J connectivity index is 1.46. The Hall–Kier alpha value is -2.00.